The van der Waals surface area contributed by atoms with E-state index in [0.717, 1.165) is 11.1 Å². The van der Waals surface area contributed by atoms with E-state index >= 15 is 0 Å². The van der Waals surface area contributed by atoms with Gasteiger partial charge in [0.2, 0.25) is 0 Å². The number of carbonyl (C=O) groups excluding carboxylic acids is 1. The van der Waals surface area contributed by atoms with Crippen molar-refractivity contribution in [3.05, 3.63) is 70.7 Å². The molecule has 0 saturated carbocycles. The van der Waals surface area contributed by atoms with Crippen molar-refractivity contribution in [1.29, 1.82) is 0 Å². The van der Waals surface area contributed by atoms with Crippen LogP contribution < -0.4 is 4.73 Å². The molecule has 1 N–H and O–H groups in total. The first kappa shape index (κ1) is 17.5. The van der Waals surface area contributed by atoms with E-state index in [1.54, 1.807) is 24.3 Å². The topological polar surface area (TPSA) is 90.5 Å². The molecule has 6 heteroatoms. The molecule has 6 nitrogen and oxygen atoms in total. The Labute approximate surface area is 139 Å². The zero-order chi connectivity index (χ0) is 17.5. The first-order valence-corrected chi connectivity index (χ1v) is 7.59. The van der Waals surface area contributed by atoms with Crippen molar-refractivity contribution >= 4 is 11.9 Å². The van der Waals surface area contributed by atoms with Gasteiger partial charge in [-0.1, -0.05) is 24.3 Å². The van der Waals surface area contributed by atoms with E-state index in [1.807, 2.05) is 19.1 Å². The monoisotopic (exact) mass is 329 g/mol. The molecule has 0 aliphatic rings. The lowest BCUT2D eigenvalue weighted by Gasteiger charge is -2.17. The number of carbonyl (C=O) groups is 2. The Morgan fingerprint density at radius 3 is 2.67 bits per heavy atom. The number of aromatic nitrogens is 1. The molecule has 0 amide bonds. The number of aryl methyl sites for hydroxylation is 1. The van der Waals surface area contributed by atoms with Gasteiger partial charge in [0.05, 0.1) is 11.5 Å². The van der Waals surface area contributed by atoms with E-state index in [2.05, 4.69) is 0 Å². The summed E-state index contributed by atoms with van der Waals surface area (Å²) in [5.41, 5.74) is 2.24. The zero-order valence-corrected chi connectivity index (χ0v) is 13.3. The van der Waals surface area contributed by atoms with E-state index in [1.165, 1.54) is 12.4 Å². The number of pyridine rings is 1. The molecule has 2 aromatic rings. The van der Waals surface area contributed by atoms with Gasteiger partial charge in [0.1, 0.15) is 6.61 Å². The summed E-state index contributed by atoms with van der Waals surface area (Å²) in [7, 11) is 0. The minimum Gasteiger partial charge on any atom is -0.619 e. The van der Waals surface area contributed by atoms with Crippen molar-refractivity contribution in [3.63, 3.8) is 0 Å². The molecule has 0 fully saturated rings. The number of ether oxygens (including phenoxy) is 1. The highest BCUT2D eigenvalue weighted by Gasteiger charge is 2.24. The van der Waals surface area contributed by atoms with Crippen LogP contribution in [-0.4, -0.2) is 17.0 Å². The predicted molar refractivity (Wildman–Crippen MR) is 86.0 cm³/mol. The maximum Gasteiger partial charge on any atom is 0.313 e. The van der Waals surface area contributed by atoms with Crippen LogP contribution in [0.5, 0.6) is 0 Å². The van der Waals surface area contributed by atoms with Gasteiger partial charge >= 0.3 is 11.9 Å². The lowest BCUT2D eigenvalue weighted by molar-refractivity contribution is -0.606. The lowest BCUT2D eigenvalue weighted by atomic mass is 9.91. The molecule has 1 heterocycles. The highest BCUT2D eigenvalue weighted by atomic mass is 16.5. The van der Waals surface area contributed by atoms with Crippen LogP contribution in [-0.2, 0) is 20.9 Å². The molecule has 0 bridgehead atoms. The number of hydrogen-bond acceptors (Lipinski definition) is 4. The third-order valence-electron chi connectivity index (χ3n) is 3.71. The van der Waals surface area contributed by atoms with Gasteiger partial charge in [0.25, 0.3) is 0 Å². The summed E-state index contributed by atoms with van der Waals surface area (Å²) in [4.78, 5) is 23.3. The summed E-state index contributed by atoms with van der Waals surface area (Å²) >= 11 is 0. The van der Waals surface area contributed by atoms with Gasteiger partial charge in [-0.3, -0.25) is 9.59 Å². The maximum absolute atomic E-state index is 12.5. The zero-order valence-electron chi connectivity index (χ0n) is 13.3. The molecule has 0 aliphatic carbocycles. The van der Waals surface area contributed by atoms with Crippen molar-refractivity contribution in [3.8, 4) is 0 Å². The van der Waals surface area contributed by atoms with Crippen LogP contribution in [0.1, 0.15) is 35.4 Å². The number of rotatable bonds is 7. The summed E-state index contributed by atoms with van der Waals surface area (Å²) in [6, 6.07) is 10.6. The van der Waals surface area contributed by atoms with E-state index in [0.29, 0.717) is 10.3 Å². The second kappa shape index (κ2) is 8.10. The predicted octanol–water partition coefficient (Wildman–Crippen LogP) is 2.32. The van der Waals surface area contributed by atoms with Crippen LogP contribution in [0.4, 0.5) is 0 Å². The second-order valence-corrected chi connectivity index (χ2v) is 5.52. The Morgan fingerprint density at radius 2 is 2.00 bits per heavy atom. The Morgan fingerprint density at radius 1 is 1.25 bits per heavy atom. The third kappa shape index (κ3) is 4.81. The van der Waals surface area contributed by atoms with Gasteiger partial charge in [0.15, 0.2) is 12.4 Å². The van der Waals surface area contributed by atoms with Gasteiger partial charge in [-0.25, -0.2) is 0 Å². The van der Waals surface area contributed by atoms with Crippen LogP contribution >= 0.6 is 0 Å². The SMILES string of the molecule is Cc1ccccc1[C@H](CCC(=O)O)C(=O)OCc1ccc[n+]([O-])c1. The normalized spacial score (nSPS) is 11.7. The molecule has 1 aromatic carbocycles. The van der Waals surface area contributed by atoms with E-state index in [4.69, 9.17) is 9.84 Å². The number of benzene rings is 1. The van der Waals surface area contributed by atoms with Gasteiger partial charge in [-0.05, 0) is 30.5 Å². The van der Waals surface area contributed by atoms with Gasteiger partial charge in [-0.15, -0.1) is 0 Å². The van der Waals surface area contributed by atoms with Crippen LogP contribution in [0.15, 0.2) is 48.8 Å². The molecule has 0 saturated heterocycles. The average Bonchev–Trinajstić information content (AvgIpc) is 2.54. The molecule has 0 unspecified atom stereocenters. The molecule has 0 spiro atoms. The number of aliphatic carboxylic acids is 1. The first-order valence-electron chi connectivity index (χ1n) is 7.59. The largest absolute Gasteiger partial charge is 0.619 e. The van der Waals surface area contributed by atoms with Crippen LogP contribution in [0, 0.1) is 12.1 Å². The van der Waals surface area contributed by atoms with E-state index in [9.17, 15) is 14.8 Å². The Bertz CT molecular complexity index is 729. The van der Waals surface area contributed by atoms with Gasteiger partial charge in [-0.2, -0.15) is 4.73 Å². The highest BCUT2D eigenvalue weighted by molar-refractivity contribution is 5.79. The molecule has 1 aromatic heterocycles. The van der Waals surface area contributed by atoms with Crippen molar-refractivity contribution in [1.82, 2.24) is 0 Å². The summed E-state index contributed by atoms with van der Waals surface area (Å²) < 4.78 is 5.93. The third-order valence-corrected chi connectivity index (χ3v) is 3.71. The lowest BCUT2D eigenvalue weighted by Crippen LogP contribution is -2.25. The Kier molecular flexibility index (Phi) is 5.89. The van der Waals surface area contributed by atoms with Crippen molar-refractivity contribution < 1.29 is 24.2 Å². The van der Waals surface area contributed by atoms with Crippen molar-refractivity contribution in [2.75, 3.05) is 0 Å². The molecule has 24 heavy (non-hydrogen) atoms. The average molecular weight is 329 g/mol. The molecule has 2 rings (SSSR count). The molecule has 1 atom stereocenters. The Hall–Kier alpha value is -2.89. The second-order valence-electron chi connectivity index (χ2n) is 5.52. The minimum absolute atomic E-state index is 0.0304. The molecule has 0 aliphatic heterocycles. The minimum atomic E-state index is -0.961. The first-order chi connectivity index (χ1) is 11.5. The number of carboxylic acids is 1. The van der Waals surface area contributed by atoms with E-state index in [-0.39, 0.29) is 19.4 Å². The van der Waals surface area contributed by atoms with Crippen LogP contribution in [0.3, 0.4) is 0 Å². The number of hydrogen-bond donors (Lipinski definition) is 1. The standard InChI is InChI=1S/C18H19NO5/c1-13-5-2-3-7-15(13)16(8-9-17(20)21)18(22)24-12-14-6-4-10-19(23)11-14/h2-7,10-11,16H,8-9,12H2,1H3,(H,20,21)/t16-/m0/s1. The summed E-state index contributed by atoms with van der Waals surface area (Å²) in [5.74, 6) is -2.10. The molecular formula is C18H19NO5. The number of esters is 1. The fraction of sp³-hybridized carbons (Fsp3) is 0.278. The smallest absolute Gasteiger partial charge is 0.313 e. The fourth-order valence-corrected chi connectivity index (χ4v) is 2.49. The Balaban J connectivity index is 2.12. The van der Waals surface area contributed by atoms with Crippen molar-refractivity contribution in [2.45, 2.75) is 32.3 Å². The molecular weight excluding hydrogens is 310 g/mol. The fourth-order valence-electron chi connectivity index (χ4n) is 2.49. The van der Waals surface area contributed by atoms with Crippen LogP contribution in [0.25, 0.3) is 0 Å². The van der Waals surface area contributed by atoms with Crippen LogP contribution in [0.2, 0.25) is 0 Å². The van der Waals surface area contributed by atoms with Gasteiger partial charge in [0, 0.05) is 12.5 Å². The van der Waals surface area contributed by atoms with Crippen molar-refractivity contribution in [2.24, 2.45) is 0 Å². The highest BCUT2D eigenvalue weighted by Crippen LogP contribution is 2.26. The number of carboxylic acid groups (broad SMARTS) is 1. The summed E-state index contributed by atoms with van der Waals surface area (Å²) in [6.45, 7) is 1.84. The maximum atomic E-state index is 12.5. The summed E-state index contributed by atoms with van der Waals surface area (Å²) in [6.07, 6.45) is 2.71. The van der Waals surface area contributed by atoms with Gasteiger partial charge < -0.3 is 15.1 Å². The quantitative estimate of drug-likeness (QED) is 0.478. The molecule has 0 radical (unpaired) electrons. The van der Waals surface area contributed by atoms with E-state index < -0.39 is 17.9 Å². The molecule has 126 valence electrons. The summed E-state index contributed by atoms with van der Waals surface area (Å²) in [5, 5.41) is 20.1. The number of nitrogens with zero attached hydrogens (tertiary/aromatic N) is 1.